The second-order valence-corrected chi connectivity index (χ2v) is 5.50. The smallest absolute Gasteiger partial charge is 0.242 e. The highest BCUT2D eigenvalue weighted by Crippen LogP contribution is 2.27. The van der Waals surface area contributed by atoms with Crippen molar-refractivity contribution in [1.29, 1.82) is 0 Å². The third kappa shape index (κ3) is 3.41. The van der Waals surface area contributed by atoms with Crippen molar-refractivity contribution in [3.8, 4) is 5.88 Å². The summed E-state index contributed by atoms with van der Waals surface area (Å²) in [5, 5.41) is 3.39. The monoisotopic (exact) mass is 268 g/mol. The first-order valence-electron chi connectivity index (χ1n) is 6.38. The van der Waals surface area contributed by atoms with Gasteiger partial charge in [-0.05, 0) is 25.0 Å². The maximum Gasteiger partial charge on any atom is 0.242 e. The first-order valence-corrected chi connectivity index (χ1v) is 7.54. The van der Waals surface area contributed by atoms with E-state index in [4.69, 9.17) is 10.5 Å². The van der Waals surface area contributed by atoms with Crippen LogP contribution in [0.4, 0.5) is 11.5 Å². The van der Waals surface area contributed by atoms with Crippen LogP contribution in [0.5, 0.6) is 5.88 Å². The summed E-state index contributed by atoms with van der Waals surface area (Å²) in [5.41, 5.74) is 6.54. The Hall–Kier alpha value is -1.17. The molecule has 5 nitrogen and oxygen atoms in total. The zero-order valence-electron chi connectivity index (χ0n) is 10.7. The normalized spacial score (nSPS) is 19.5. The minimum Gasteiger partial charge on any atom is -0.476 e. The number of nitrogen functional groups attached to an aromatic ring is 1. The van der Waals surface area contributed by atoms with Crippen LogP contribution in [0, 0.1) is 0 Å². The third-order valence-corrected chi connectivity index (χ3v) is 4.01. The largest absolute Gasteiger partial charge is 0.476 e. The van der Waals surface area contributed by atoms with Crippen LogP contribution in [0.2, 0.25) is 0 Å². The lowest BCUT2D eigenvalue weighted by Gasteiger charge is -2.23. The van der Waals surface area contributed by atoms with E-state index in [0.29, 0.717) is 30.0 Å². The molecule has 1 aliphatic rings. The average Bonchev–Trinajstić information content (AvgIpc) is 2.41. The van der Waals surface area contributed by atoms with Gasteiger partial charge < -0.3 is 15.8 Å². The van der Waals surface area contributed by atoms with E-state index in [1.807, 2.05) is 11.8 Å². The van der Waals surface area contributed by atoms with Gasteiger partial charge in [0.2, 0.25) is 5.88 Å². The molecule has 100 valence electrons. The zero-order chi connectivity index (χ0) is 12.8. The van der Waals surface area contributed by atoms with E-state index in [-0.39, 0.29) is 0 Å². The molecule has 2 heterocycles. The van der Waals surface area contributed by atoms with E-state index in [0.717, 1.165) is 12.2 Å². The van der Waals surface area contributed by atoms with Crippen LogP contribution in [0.3, 0.4) is 0 Å². The quantitative estimate of drug-likeness (QED) is 0.852. The van der Waals surface area contributed by atoms with E-state index in [9.17, 15) is 0 Å². The molecule has 0 aliphatic carbocycles. The molecule has 1 unspecified atom stereocenters. The molecule has 0 bridgehead atoms. The number of anilines is 2. The second kappa shape index (κ2) is 6.68. The molecule has 0 radical (unpaired) electrons. The van der Waals surface area contributed by atoms with E-state index in [1.54, 1.807) is 0 Å². The number of hydrogen-bond donors (Lipinski definition) is 2. The van der Waals surface area contributed by atoms with Crippen LogP contribution in [0.25, 0.3) is 0 Å². The van der Waals surface area contributed by atoms with Gasteiger partial charge in [0.05, 0.1) is 6.61 Å². The number of hydrogen-bond acceptors (Lipinski definition) is 6. The van der Waals surface area contributed by atoms with E-state index in [1.165, 1.54) is 24.9 Å². The number of rotatable bonds is 5. The van der Waals surface area contributed by atoms with Crippen molar-refractivity contribution in [3.63, 3.8) is 0 Å². The van der Waals surface area contributed by atoms with Gasteiger partial charge in [0.15, 0.2) is 5.82 Å². The molecule has 1 atom stereocenters. The highest BCUT2D eigenvalue weighted by Gasteiger charge is 2.16. The Morgan fingerprint density at radius 1 is 1.56 bits per heavy atom. The molecule has 1 aromatic rings. The summed E-state index contributed by atoms with van der Waals surface area (Å²) in [6.07, 6.45) is 4.85. The van der Waals surface area contributed by atoms with Gasteiger partial charge in [-0.3, -0.25) is 0 Å². The number of nitrogens with one attached hydrogen (secondary N) is 1. The van der Waals surface area contributed by atoms with Crippen molar-refractivity contribution < 1.29 is 4.74 Å². The summed E-state index contributed by atoms with van der Waals surface area (Å²) in [4.78, 5) is 8.27. The topological polar surface area (TPSA) is 73.1 Å². The first-order chi connectivity index (χ1) is 8.81. The van der Waals surface area contributed by atoms with Gasteiger partial charge in [-0.25, -0.2) is 4.98 Å². The molecule has 1 aromatic heterocycles. The lowest BCUT2D eigenvalue weighted by molar-refractivity contribution is 0.306. The fourth-order valence-electron chi connectivity index (χ4n) is 1.86. The summed E-state index contributed by atoms with van der Waals surface area (Å²) in [5.74, 6) is 3.54. The van der Waals surface area contributed by atoms with E-state index in [2.05, 4.69) is 22.2 Å². The Balaban J connectivity index is 2.02. The molecule has 1 aliphatic heterocycles. The molecule has 2 rings (SSSR count). The lowest BCUT2D eigenvalue weighted by Crippen LogP contribution is -2.26. The van der Waals surface area contributed by atoms with Crippen LogP contribution in [-0.2, 0) is 0 Å². The zero-order valence-corrected chi connectivity index (χ0v) is 11.5. The van der Waals surface area contributed by atoms with Crippen molar-refractivity contribution in [2.45, 2.75) is 32.2 Å². The summed E-state index contributed by atoms with van der Waals surface area (Å²) in [6, 6.07) is 0.444. The molecule has 0 aromatic carbocycles. The Morgan fingerprint density at radius 2 is 2.44 bits per heavy atom. The minimum atomic E-state index is 0.444. The highest BCUT2D eigenvalue weighted by molar-refractivity contribution is 7.99. The fourth-order valence-corrected chi connectivity index (χ4v) is 2.93. The van der Waals surface area contributed by atoms with Crippen molar-refractivity contribution in [2.75, 3.05) is 29.2 Å². The average molecular weight is 268 g/mol. The minimum absolute atomic E-state index is 0.444. The van der Waals surface area contributed by atoms with Gasteiger partial charge in [0.25, 0.3) is 0 Å². The van der Waals surface area contributed by atoms with Crippen molar-refractivity contribution in [3.05, 3.63) is 6.33 Å². The second-order valence-electron chi connectivity index (χ2n) is 4.35. The van der Waals surface area contributed by atoms with Gasteiger partial charge in [-0.15, -0.1) is 0 Å². The number of thioether (sulfide) groups is 1. The molecule has 0 saturated carbocycles. The number of aromatic nitrogens is 2. The third-order valence-electron chi connectivity index (χ3n) is 2.79. The standard InChI is InChI=1S/C12H20N4OS/c1-2-5-17-12-10(13)11(14-8-15-12)16-9-4-3-6-18-7-9/h8-9H,2-7,13H2,1H3,(H,14,15,16). The Morgan fingerprint density at radius 3 is 3.17 bits per heavy atom. The van der Waals surface area contributed by atoms with Crippen LogP contribution in [0.15, 0.2) is 6.33 Å². The highest BCUT2D eigenvalue weighted by atomic mass is 32.2. The summed E-state index contributed by atoms with van der Waals surface area (Å²) >= 11 is 1.97. The Labute approximate surface area is 112 Å². The molecule has 0 spiro atoms. The van der Waals surface area contributed by atoms with Crippen LogP contribution < -0.4 is 15.8 Å². The predicted molar refractivity (Wildman–Crippen MR) is 76.2 cm³/mol. The molecule has 18 heavy (non-hydrogen) atoms. The van der Waals surface area contributed by atoms with Crippen molar-refractivity contribution in [2.24, 2.45) is 0 Å². The fraction of sp³-hybridized carbons (Fsp3) is 0.667. The lowest BCUT2D eigenvalue weighted by atomic mass is 10.2. The van der Waals surface area contributed by atoms with Gasteiger partial charge in [0, 0.05) is 11.8 Å². The molecule has 1 fully saturated rings. The molecular formula is C12H20N4OS. The van der Waals surface area contributed by atoms with Crippen LogP contribution >= 0.6 is 11.8 Å². The summed E-state index contributed by atoms with van der Waals surface area (Å²) in [7, 11) is 0. The molecule has 3 N–H and O–H groups in total. The number of nitrogens with zero attached hydrogens (tertiary/aromatic N) is 2. The van der Waals surface area contributed by atoms with Gasteiger partial charge in [-0.2, -0.15) is 16.7 Å². The molecular weight excluding hydrogens is 248 g/mol. The molecule has 6 heteroatoms. The Kier molecular flexibility index (Phi) is 4.92. The van der Waals surface area contributed by atoms with E-state index >= 15 is 0 Å². The van der Waals surface area contributed by atoms with E-state index < -0.39 is 0 Å². The van der Waals surface area contributed by atoms with Crippen LogP contribution in [-0.4, -0.2) is 34.1 Å². The van der Waals surface area contributed by atoms with Gasteiger partial charge in [-0.1, -0.05) is 6.92 Å². The van der Waals surface area contributed by atoms with Crippen molar-refractivity contribution in [1.82, 2.24) is 9.97 Å². The molecule has 0 amide bonds. The van der Waals surface area contributed by atoms with Gasteiger partial charge in [0.1, 0.15) is 12.0 Å². The number of nitrogens with two attached hydrogens (primary N) is 1. The maximum atomic E-state index is 6.02. The summed E-state index contributed by atoms with van der Waals surface area (Å²) in [6.45, 7) is 2.68. The summed E-state index contributed by atoms with van der Waals surface area (Å²) < 4.78 is 5.49. The first kappa shape index (κ1) is 13.3. The molecule has 1 saturated heterocycles. The maximum absolute atomic E-state index is 6.02. The number of ether oxygens (including phenoxy) is 1. The van der Waals surface area contributed by atoms with Gasteiger partial charge >= 0.3 is 0 Å². The Bertz CT molecular complexity index is 382. The predicted octanol–water partition coefficient (Wildman–Crippen LogP) is 2.16. The van der Waals surface area contributed by atoms with Crippen molar-refractivity contribution >= 4 is 23.3 Å². The SMILES string of the molecule is CCCOc1ncnc(NC2CCCSC2)c1N. The van der Waals surface area contributed by atoms with Crippen LogP contribution in [0.1, 0.15) is 26.2 Å².